The molecular weight excluding hydrogens is 1140 g/mol. The van der Waals surface area contributed by atoms with Gasteiger partial charge in [-0.3, -0.25) is 0 Å². The lowest BCUT2D eigenvalue weighted by molar-refractivity contribution is 1.18. The highest BCUT2D eigenvalue weighted by Gasteiger charge is 2.25. The van der Waals surface area contributed by atoms with E-state index in [4.69, 9.17) is 0 Å². The number of aromatic nitrogens is 3. The Morgan fingerprint density at radius 2 is 0.620 bits per heavy atom. The average molecular weight is 1190 g/mol. The second-order valence-electron chi connectivity index (χ2n) is 24.1. The van der Waals surface area contributed by atoms with Crippen molar-refractivity contribution in [3.8, 4) is 28.2 Å². The Balaban J connectivity index is 0.912. The number of anilines is 6. The third-order valence-electron chi connectivity index (χ3n) is 18.9. The van der Waals surface area contributed by atoms with Crippen LogP contribution in [-0.4, -0.2) is 13.7 Å². The molecule has 6 heteroatoms. The van der Waals surface area contributed by atoms with Crippen molar-refractivity contribution in [2.75, 3.05) is 9.80 Å². The molecule has 0 radical (unpaired) electrons. The van der Waals surface area contributed by atoms with E-state index in [1.807, 2.05) is 11.3 Å². The molecule has 4 aromatic heterocycles. The van der Waals surface area contributed by atoms with Crippen LogP contribution in [-0.2, 0) is 0 Å². The molecule has 0 spiro atoms. The first kappa shape index (κ1) is 52.0. The lowest BCUT2D eigenvalue weighted by Crippen LogP contribution is -2.14. The molecular formula is C86H55N5S. The van der Waals surface area contributed by atoms with Crippen LogP contribution < -0.4 is 9.80 Å². The fourth-order valence-electron chi connectivity index (χ4n) is 14.8. The van der Waals surface area contributed by atoms with Crippen molar-refractivity contribution in [2.45, 2.75) is 0 Å². The second kappa shape index (κ2) is 20.8. The van der Waals surface area contributed by atoms with Gasteiger partial charge >= 0.3 is 0 Å². The van der Waals surface area contributed by atoms with E-state index in [1.165, 1.54) is 90.6 Å². The van der Waals surface area contributed by atoms with Crippen molar-refractivity contribution in [1.82, 2.24) is 13.7 Å². The Labute approximate surface area is 534 Å². The summed E-state index contributed by atoms with van der Waals surface area (Å²) in [6.07, 6.45) is 0. The third kappa shape index (κ3) is 8.24. The highest BCUT2D eigenvalue weighted by Crippen LogP contribution is 2.49. The first-order chi connectivity index (χ1) is 45.6. The van der Waals surface area contributed by atoms with Gasteiger partial charge in [0.25, 0.3) is 0 Å². The van der Waals surface area contributed by atoms with Crippen LogP contribution in [0.4, 0.5) is 34.1 Å². The number of fused-ring (bicyclic) bond motifs is 15. The van der Waals surface area contributed by atoms with Crippen molar-refractivity contribution in [3.05, 3.63) is 334 Å². The van der Waals surface area contributed by atoms with Gasteiger partial charge in [0.1, 0.15) is 0 Å². The summed E-state index contributed by atoms with van der Waals surface area (Å²) >= 11 is 1.89. The molecule has 0 aliphatic rings. The van der Waals surface area contributed by atoms with Crippen LogP contribution in [0.15, 0.2) is 334 Å². The second-order valence-corrected chi connectivity index (χ2v) is 25.1. The summed E-state index contributed by atoms with van der Waals surface area (Å²) in [4.78, 5) is 4.98. The number of benzene rings is 15. The van der Waals surface area contributed by atoms with Gasteiger partial charge in [0.15, 0.2) is 0 Å². The maximum atomic E-state index is 2.49. The molecule has 0 fully saturated rings. The van der Waals surface area contributed by atoms with Gasteiger partial charge in [0.2, 0.25) is 0 Å². The molecule has 19 aromatic rings. The molecule has 0 bridgehead atoms. The molecule has 0 saturated carbocycles. The number of para-hydroxylation sites is 5. The number of rotatable bonds is 10. The molecule has 0 N–H and O–H groups in total. The zero-order valence-corrected chi connectivity index (χ0v) is 50.7. The largest absolute Gasteiger partial charge is 0.310 e. The Kier molecular flexibility index (Phi) is 11.8. The summed E-state index contributed by atoms with van der Waals surface area (Å²) in [7, 11) is 0. The van der Waals surface area contributed by atoms with Crippen molar-refractivity contribution in [1.29, 1.82) is 0 Å². The molecule has 0 amide bonds. The normalized spacial score (nSPS) is 11.9. The molecule has 0 atom stereocenters. The van der Waals surface area contributed by atoms with Crippen LogP contribution in [0, 0.1) is 0 Å². The first-order valence-electron chi connectivity index (χ1n) is 31.5. The average Bonchev–Trinajstić information content (AvgIpc) is 1.56. The van der Waals surface area contributed by atoms with Gasteiger partial charge in [-0.15, -0.1) is 11.3 Å². The fourth-order valence-corrected chi connectivity index (χ4v) is 16.0. The quantitative estimate of drug-likeness (QED) is 0.136. The van der Waals surface area contributed by atoms with Crippen LogP contribution in [0.5, 0.6) is 0 Å². The molecule has 4 heterocycles. The molecule has 5 nitrogen and oxygen atoms in total. The summed E-state index contributed by atoms with van der Waals surface area (Å²) < 4.78 is 9.85. The van der Waals surface area contributed by atoms with E-state index in [0.717, 1.165) is 78.9 Å². The SMILES string of the molecule is c1ccc(-n2c3ccccc3c3cc(N(c4cc(-c5ccc6c(c5)c5c7sc8ccccc8c7ccc5n6-c5ccccc5)cc(N(c5ccc6ccccc6c5)c5ccc6c(c5)c5ccccc5n6-c5ccccc5)c4)c4ccc5ccccc5c4)ccc32)cc1. The van der Waals surface area contributed by atoms with Gasteiger partial charge in [0, 0.05) is 104 Å². The van der Waals surface area contributed by atoms with E-state index < -0.39 is 0 Å². The van der Waals surface area contributed by atoms with Gasteiger partial charge in [-0.2, -0.15) is 0 Å². The Bertz CT molecular complexity index is 5890. The summed E-state index contributed by atoms with van der Waals surface area (Å²) in [6.45, 7) is 0. The van der Waals surface area contributed by atoms with E-state index in [-0.39, 0.29) is 0 Å². The lowest BCUT2D eigenvalue weighted by atomic mass is 9.99. The predicted octanol–water partition coefficient (Wildman–Crippen LogP) is 24.3. The number of thiophene rings is 1. The summed E-state index contributed by atoms with van der Waals surface area (Å²) in [5.41, 5.74) is 18.8. The topological polar surface area (TPSA) is 21.3 Å². The van der Waals surface area contributed by atoms with Crippen LogP contribution in [0.2, 0.25) is 0 Å². The van der Waals surface area contributed by atoms with Crippen molar-refractivity contribution < 1.29 is 0 Å². The fraction of sp³-hybridized carbons (Fsp3) is 0. The minimum Gasteiger partial charge on any atom is -0.310 e. The van der Waals surface area contributed by atoms with E-state index in [9.17, 15) is 0 Å². The van der Waals surface area contributed by atoms with Crippen LogP contribution >= 0.6 is 11.3 Å². The molecule has 0 saturated heterocycles. The standard InChI is InChI=1S/C86H55N5S/c1-4-24-62(25-5-1)89-78-33-17-14-30-71(78)75-54-67(41-45-80(75)89)87(65-39-36-56-20-10-12-22-58(56)48-65)69-50-61(60-38-44-82-77(52-60)85-83(91(82)64-28-8-3-9-29-64)47-43-74-73-32-16-19-35-84(73)92-86(74)85)51-70(53-69)88(66-40-37-57-21-11-13-23-59(57)49-66)68-42-46-81-76(55-68)72-31-15-18-34-79(72)90(81)63-26-6-2-7-27-63/h1-55H. The summed E-state index contributed by atoms with van der Waals surface area (Å²) in [6, 6.07) is 123. The Morgan fingerprint density at radius 3 is 1.16 bits per heavy atom. The minimum absolute atomic E-state index is 1.02. The van der Waals surface area contributed by atoms with Gasteiger partial charge in [-0.05, 0) is 184 Å². The summed E-state index contributed by atoms with van der Waals surface area (Å²) in [5, 5.41) is 14.5. The molecule has 92 heavy (non-hydrogen) atoms. The molecule has 15 aromatic carbocycles. The predicted molar refractivity (Wildman–Crippen MR) is 392 cm³/mol. The molecule has 0 unspecified atom stereocenters. The summed E-state index contributed by atoms with van der Waals surface area (Å²) in [5.74, 6) is 0. The van der Waals surface area contributed by atoms with E-state index in [1.54, 1.807) is 0 Å². The van der Waals surface area contributed by atoms with E-state index in [2.05, 4.69) is 357 Å². The zero-order chi connectivity index (χ0) is 60.4. The van der Waals surface area contributed by atoms with Gasteiger partial charge in [-0.25, -0.2) is 0 Å². The van der Waals surface area contributed by atoms with Crippen LogP contribution in [0.3, 0.4) is 0 Å². The van der Waals surface area contributed by atoms with Gasteiger partial charge in [0.05, 0.1) is 33.1 Å². The minimum atomic E-state index is 1.02. The molecule has 0 aliphatic carbocycles. The first-order valence-corrected chi connectivity index (χ1v) is 32.3. The Morgan fingerprint density at radius 1 is 0.217 bits per heavy atom. The van der Waals surface area contributed by atoms with E-state index in [0.29, 0.717) is 0 Å². The maximum Gasteiger partial charge on any atom is 0.0555 e. The van der Waals surface area contributed by atoms with Crippen LogP contribution in [0.1, 0.15) is 0 Å². The molecule has 430 valence electrons. The lowest BCUT2D eigenvalue weighted by Gasteiger charge is -2.31. The Hall–Kier alpha value is -12.0. The van der Waals surface area contributed by atoms with Crippen molar-refractivity contribution in [2.24, 2.45) is 0 Å². The monoisotopic (exact) mass is 1190 g/mol. The molecule has 19 rings (SSSR count). The zero-order valence-electron chi connectivity index (χ0n) is 49.9. The number of nitrogens with zero attached hydrogens (tertiary/aromatic N) is 5. The highest BCUT2D eigenvalue weighted by molar-refractivity contribution is 7.26. The number of hydrogen-bond donors (Lipinski definition) is 0. The van der Waals surface area contributed by atoms with E-state index >= 15 is 0 Å². The van der Waals surface area contributed by atoms with Gasteiger partial charge in [-0.1, -0.05) is 182 Å². The van der Waals surface area contributed by atoms with Gasteiger partial charge < -0.3 is 23.5 Å². The van der Waals surface area contributed by atoms with Crippen molar-refractivity contribution >= 4 is 153 Å². The third-order valence-corrected chi connectivity index (χ3v) is 20.1. The maximum absolute atomic E-state index is 2.49. The highest BCUT2D eigenvalue weighted by atomic mass is 32.1. The molecule has 0 aliphatic heterocycles. The van der Waals surface area contributed by atoms with Crippen molar-refractivity contribution in [3.63, 3.8) is 0 Å². The van der Waals surface area contributed by atoms with Crippen LogP contribution in [0.25, 0.3) is 135 Å². The smallest absolute Gasteiger partial charge is 0.0555 e. The number of hydrogen-bond acceptors (Lipinski definition) is 3.